The molecule has 0 aliphatic carbocycles. The van der Waals surface area contributed by atoms with Gasteiger partial charge >= 0.3 is 6.18 Å². The SMILES string of the molecule is Oc1cc(C(F)(F)F)ccc1-c1nnc(NC2CCc3nccn3C2)c2ccncc12. The predicted octanol–water partition coefficient (Wildman–Crippen LogP) is 4.04. The Morgan fingerprint density at radius 1 is 1.10 bits per heavy atom. The summed E-state index contributed by atoms with van der Waals surface area (Å²) in [6.45, 7) is 0.741. The van der Waals surface area contributed by atoms with Crippen LogP contribution in [0.4, 0.5) is 19.0 Å². The van der Waals surface area contributed by atoms with Gasteiger partial charge in [0.15, 0.2) is 5.82 Å². The number of phenols is 1. The third-order valence-corrected chi connectivity index (χ3v) is 5.44. The molecule has 0 saturated heterocycles. The van der Waals surface area contributed by atoms with E-state index >= 15 is 0 Å². The molecule has 0 radical (unpaired) electrons. The van der Waals surface area contributed by atoms with Crippen molar-refractivity contribution in [1.82, 2.24) is 24.7 Å². The zero-order valence-corrected chi connectivity index (χ0v) is 16.1. The van der Waals surface area contributed by atoms with E-state index in [0.717, 1.165) is 36.7 Å². The molecule has 0 fully saturated rings. The van der Waals surface area contributed by atoms with E-state index in [1.165, 1.54) is 6.07 Å². The Bertz CT molecular complexity index is 1270. The Morgan fingerprint density at radius 3 is 2.77 bits per heavy atom. The molecule has 158 valence electrons. The summed E-state index contributed by atoms with van der Waals surface area (Å²) in [6, 6.07) is 4.69. The number of phenolic OH excluding ortho intramolecular Hbond substituents is 1. The lowest BCUT2D eigenvalue weighted by molar-refractivity contribution is -0.137. The molecular formula is C21H17F3N6O. The highest BCUT2D eigenvalue weighted by Gasteiger charge is 2.31. The normalized spacial score (nSPS) is 16.3. The fraction of sp³-hybridized carbons (Fsp3) is 0.238. The van der Waals surface area contributed by atoms with Crippen LogP contribution in [-0.4, -0.2) is 35.9 Å². The summed E-state index contributed by atoms with van der Waals surface area (Å²) in [5, 5.41) is 23.5. The zero-order valence-electron chi connectivity index (χ0n) is 16.1. The predicted molar refractivity (Wildman–Crippen MR) is 107 cm³/mol. The molecule has 4 heterocycles. The van der Waals surface area contributed by atoms with Crippen LogP contribution in [0.5, 0.6) is 5.75 Å². The summed E-state index contributed by atoms with van der Waals surface area (Å²) >= 11 is 0. The molecule has 0 amide bonds. The summed E-state index contributed by atoms with van der Waals surface area (Å²) in [5.74, 6) is 1.09. The Morgan fingerprint density at radius 2 is 1.97 bits per heavy atom. The maximum Gasteiger partial charge on any atom is 0.416 e. The maximum atomic E-state index is 12.9. The van der Waals surface area contributed by atoms with Crippen LogP contribution in [0.3, 0.4) is 0 Å². The quantitative estimate of drug-likeness (QED) is 0.514. The minimum Gasteiger partial charge on any atom is -0.507 e. The largest absolute Gasteiger partial charge is 0.507 e. The van der Waals surface area contributed by atoms with Gasteiger partial charge in [-0.2, -0.15) is 13.2 Å². The second kappa shape index (κ2) is 7.22. The minimum absolute atomic E-state index is 0.123. The number of halogens is 3. The Labute approximate surface area is 174 Å². The molecule has 2 N–H and O–H groups in total. The minimum atomic E-state index is -4.55. The molecule has 1 aliphatic rings. The molecule has 1 unspecified atom stereocenters. The monoisotopic (exact) mass is 426 g/mol. The number of aromatic hydroxyl groups is 1. The van der Waals surface area contributed by atoms with Crippen LogP contribution in [0.2, 0.25) is 0 Å². The van der Waals surface area contributed by atoms with E-state index in [9.17, 15) is 18.3 Å². The maximum absolute atomic E-state index is 12.9. The van der Waals surface area contributed by atoms with Crippen LogP contribution in [0.15, 0.2) is 49.1 Å². The van der Waals surface area contributed by atoms with Gasteiger partial charge in [-0.3, -0.25) is 4.98 Å². The molecule has 10 heteroatoms. The standard InChI is InChI=1S/C21H17F3N6O/c22-21(23,24)12-1-3-15(17(31)9-12)19-16-10-25-6-5-14(16)20(29-28-19)27-13-2-4-18-26-7-8-30(18)11-13/h1,3,5-10,13,31H,2,4,11H2,(H,27,29). The van der Waals surface area contributed by atoms with Gasteiger partial charge in [0.05, 0.1) is 5.56 Å². The number of benzene rings is 1. The van der Waals surface area contributed by atoms with E-state index in [1.54, 1.807) is 24.7 Å². The third-order valence-electron chi connectivity index (χ3n) is 5.44. The number of fused-ring (bicyclic) bond motifs is 2. The average molecular weight is 426 g/mol. The van der Waals surface area contributed by atoms with Crippen LogP contribution in [0.25, 0.3) is 22.0 Å². The third kappa shape index (κ3) is 3.54. The van der Waals surface area contributed by atoms with Gasteiger partial charge < -0.3 is 15.0 Å². The molecule has 0 bridgehead atoms. The first-order valence-electron chi connectivity index (χ1n) is 9.67. The number of alkyl halides is 3. The lowest BCUT2D eigenvalue weighted by atomic mass is 10.0. The van der Waals surface area contributed by atoms with Crippen LogP contribution in [0, 0.1) is 0 Å². The van der Waals surface area contributed by atoms with Crippen molar-refractivity contribution in [1.29, 1.82) is 0 Å². The summed E-state index contributed by atoms with van der Waals surface area (Å²) in [7, 11) is 0. The Hall–Kier alpha value is -3.69. The number of aromatic nitrogens is 5. The van der Waals surface area contributed by atoms with E-state index in [4.69, 9.17) is 0 Å². The molecule has 7 nitrogen and oxygen atoms in total. The lowest BCUT2D eigenvalue weighted by Crippen LogP contribution is -2.31. The van der Waals surface area contributed by atoms with Crippen molar-refractivity contribution >= 4 is 16.6 Å². The number of nitrogens with one attached hydrogen (secondary N) is 1. The fourth-order valence-electron chi connectivity index (χ4n) is 3.89. The molecule has 0 spiro atoms. The van der Waals surface area contributed by atoms with Crippen molar-refractivity contribution in [2.75, 3.05) is 5.32 Å². The van der Waals surface area contributed by atoms with Gasteiger partial charge in [0.25, 0.3) is 0 Å². The molecular weight excluding hydrogens is 409 g/mol. The zero-order chi connectivity index (χ0) is 21.6. The first-order valence-corrected chi connectivity index (χ1v) is 9.67. The van der Waals surface area contributed by atoms with Crippen LogP contribution >= 0.6 is 0 Å². The number of imidazole rings is 1. The van der Waals surface area contributed by atoms with E-state index in [2.05, 4.69) is 30.0 Å². The van der Waals surface area contributed by atoms with Gasteiger partial charge in [-0.1, -0.05) is 0 Å². The summed E-state index contributed by atoms with van der Waals surface area (Å²) < 4.78 is 40.9. The number of anilines is 1. The van der Waals surface area contributed by atoms with Gasteiger partial charge in [0, 0.05) is 60.1 Å². The highest BCUT2D eigenvalue weighted by Crippen LogP contribution is 2.38. The molecule has 31 heavy (non-hydrogen) atoms. The van der Waals surface area contributed by atoms with Gasteiger partial charge in [0.1, 0.15) is 17.3 Å². The van der Waals surface area contributed by atoms with Crippen LogP contribution < -0.4 is 5.32 Å². The van der Waals surface area contributed by atoms with E-state index in [-0.39, 0.29) is 17.3 Å². The van der Waals surface area contributed by atoms with Crippen molar-refractivity contribution in [3.05, 3.63) is 60.4 Å². The highest BCUT2D eigenvalue weighted by atomic mass is 19.4. The van der Waals surface area contributed by atoms with E-state index in [1.807, 2.05) is 6.20 Å². The molecule has 5 rings (SSSR count). The number of nitrogens with zero attached hydrogens (tertiary/aromatic N) is 5. The average Bonchev–Trinajstić information content (AvgIpc) is 3.21. The van der Waals surface area contributed by atoms with Crippen LogP contribution in [0.1, 0.15) is 17.8 Å². The number of pyridine rings is 1. The molecule has 3 aromatic heterocycles. The molecule has 0 saturated carbocycles. The number of rotatable bonds is 3. The summed E-state index contributed by atoms with van der Waals surface area (Å²) in [4.78, 5) is 8.45. The summed E-state index contributed by atoms with van der Waals surface area (Å²) in [6.07, 6.45) is 4.07. The first kappa shape index (κ1) is 19.3. The summed E-state index contributed by atoms with van der Waals surface area (Å²) in [5.41, 5.74) is -0.509. The second-order valence-corrected chi connectivity index (χ2v) is 7.42. The number of hydrogen-bond acceptors (Lipinski definition) is 6. The molecule has 1 aliphatic heterocycles. The molecule has 1 aromatic carbocycles. The van der Waals surface area contributed by atoms with Crippen LogP contribution in [-0.2, 0) is 19.1 Å². The smallest absolute Gasteiger partial charge is 0.416 e. The lowest BCUT2D eigenvalue weighted by Gasteiger charge is -2.25. The molecule has 1 atom stereocenters. The topological polar surface area (TPSA) is 88.8 Å². The molecule has 4 aromatic rings. The van der Waals surface area contributed by atoms with Gasteiger partial charge in [-0.15, -0.1) is 10.2 Å². The van der Waals surface area contributed by atoms with Gasteiger partial charge in [0.2, 0.25) is 0 Å². The fourth-order valence-corrected chi connectivity index (χ4v) is 3.89. The van der Waals surface area contributed by atoms with Gasteiger partial charge in [-0.25, -0.2) is 4.98 Å². The van der Waals surface area contributed by atoms with Crippen molar-refractivity contribution in [3.63, 3.8) is 0 Å². The second-order valence-electron chi connectivity index (χ2n) is 7.42. The van der Waals surface area contributed by atoms with Crippen molar-refractivity contribution < 1.29 is 18.3 Å². The van der Waals surface area contributed by atoms with E-state index in [0.29, 0.717) is 17.3 Å². The van der Waals surface area contributed by atoms with Crippen molar-refractivity contribution in [3.8, 4) is 17.0 Å². The van der Waals surface area contributed by atoms with Crippen molar-refractivity contribution in [2.24, 2.45) is 0 Å². The number of hydrogen-bond donors (Lipinski definition) is 2. The number of aryl methyl sites for hydroxylation is 1. The Balaban J connectivity index is 1.51. The van der Waals surface area contributed by atoms with Gasteiger partial charge in [-0.05, 0) is 30.7 Å². The Kier molecular flexibility index (Phi) is 4.49. The van der Waals surface area contributed by atoms with E-state index < -0.39 is 17.5 Å². The van der Waals surface area contributed by atoms with Crippen molar-refractivity contribution in [2.45, 2.75) is 31.6 Å². The first-order chi connectivity index (χ1) is 14.9. The highest BCUT2D eigenvalue weighted by molar-refractivity contribution is 6.00.